The van der Waals surface area contributed by atoms with E-state index in [2.05, 4.69) is 10.1 Å². The third-order valence-corrected chi connectivity index (χ3v) is 0.886. The fraction of sp³-hybridized carbons (Fsp3) is 0.500. The summed E-state index contributed by atoms with van der Waals surface area (Å²) in [6.07, 6.45) is 3.73. The van der Waals surface area contributed by atoms with E-state index in [0.717, 1.165) is 18.7 Å². The summed E-state index contributed by atoms with van der Waals surface area (Å²) in [6, 6.07) is 0. The molecular formula is C4H7N3. The minimum atomic E-state index is 0.764. The first-order chi connectivity index (χ1) is 3.43. The molecule has 1 aliphatic heterocycles. The summed E-state index contributed by atoms with van der Waals surface area (Å²) >= 11 is 0. The van der Waals surface area contributed by atoms with Crippen molar-refractivity contribution in [3.8, 4) is 0 Å². The van der Waals surface area contributed by atoms with Gasteiger partial charge in [0, 0.05) is 12.6 Å². The van der Waals surface area contributed by atoms with Gasteiger partial charge in [-0.15, -0.1) is 0 Å². The van der Waals surface area contributed by atoms with E-state index in [1.165, 1.54) is 0 Å². The molecule has 2 N–H and O–H groups in total. The molecule has 38 valence electrons. The Morgan fingerprint density at radius 2 is 2.71 bits per heavy atom. The molecule has 0 aromatic carbocycles. The number of nitrogens with zero attached hydrogens (tertiary/aromatic N) is 2. The molecule has 0 aliphatic carbocycles. The highest BCUT2D eigenvalue weighted by molar-refractivity contribution is 5.95. The summed E-state index contributed by atoms with van der Waals surface area (Å²) in [7, 11) is 0. The molecule has 0 unspecified atom stereocenters. The number of hydrogen-bond acceptors (Lipinski definition) is 2. The molecule has 1 heterocycles. The zero-order chi connectivity index (χ0) is 5.11. The lowest BCUT2D eigenvalue weighted by molar-refractivity contribution is 1.14. The largest absolute Gasteiger partial charge is 0.322 e. The van der Waals surface area contributed by atoms with Gasteiger partial charge in [0.15, 0.2) is 0 Å². The summed E-state index contributed by atoms with van der Waals surface area (Å²) < 4.78 is 0. The molecule has 0 bridgehead atoms. The quantitative estimate of drug-likeness (QED) is 0.339. The van der Waals surface area contributed by atoms with Crippen LogP contribution in [0.1, 0.15) is 12.8 Å². The number of rotatable bonds is 0. The van der Waals surface area contributed by atoms with Crippen LogP contribution in [-0.4, -0.2) is 12.1 Å². The second kappa shape index (κ2) is 1.73. The fourth-order valence-corrected chi connectivity index (χ4v) is 0.526. The van der Waals surface area contributed by atoms with E-state index in [-0.39, 0.29) is 0 Å². The first-order valence-electron chi connectivity index (χ1n) is 2.23. The standard InChI is InChI=1S/C4H7N3/c5-7-4-2-1-3-6-4/h3H,1-2,5H2. The van der Waals surface area contributed by atoms with E-state index < -0.39 is 0 Å². The van der Waals surface area contributed by atoms with Crippen LogP contribution >= 0.6 is 0 Å². The van der Waals surface area contributed by atoms with Crippen LogP contribution in [-0.2, 0) is 0 Å². The molecule has 0 fully saturated rings. The predicted octanol–water partition coefficient (Wildman–Crippen LogP) is 0.123. The topological polar surface area (TPSA) is 50.7 Å². The summed E-state index contributed by atoms with van der Waals surface area (Å²) in [5.74, 6) is 5.67. The molecule has 3 heteroatoms. The molecular weight excluding hydrogens is 90.1 g/mol. The Hall–Kier alpha value is -0.860. The van der Waals surface area contributed by atoms with E-state index in [9.17, 15) is 0 Å². The van der Waals surface area contributed by atoms with Gasteiger partial charge in [0.2, 0.25) is 0 Å². The van der Waals surface area contributed by atoms with Gasteiger partial charge in [-0.2, -0.15) is 5.10 Å². The third kappa shape index (κ3) is 0.765. The van der Waals surface area contributed by atoms with E-state index >= 15 is 0 Å². The highest BCUT2D eigenvalue weighted by atomic mass is 15.2. The Balaban J connectivity index is 2.59. The van der Waals surface area contributed by atoms with Crippen LogP contribution in [0.2, 0.25) is 0 Å². The van der Waals surface area contributed by atoms with E-state index in [4.69, 9.17) is 5.84 Å². The van der Waals surface area contributed by atoms with Crippen LogP contribution in [0.4, 0.5) is 0 Å². The molecule has 0 aromatic heterocycles. The zero-order valence-corrected chi connectivity index (χ0v) is 3.96. The first kappa shape index (κ1) is 4.30. The van der Waals surface area contributed by atoms with Gasteiger partial charge in [-0.25, -0.2) is 4.99 Å². The highest BCUT2D eigenvalue weighted by Gasteiger charge is 1.98. The normalized spacial score (nSPS) is 24.3. The average molecular weight is 97.1 g/mol. The lowest BCUT2D eigenvalue weighted by Gasteiger charge is -1.80. The molecule has 0 spiro atoms. The first-order valence-corrected chi connectivity index (χ1v) is 2.23. The average Bonchev–Trinajstić information content (AvgIpc) is 2.14. The Morgan fingerprint density at radius 3 is 3.00 bits per heavy atom. The van der Waals surface area contributed by atoms with E-state index in [1.807, 2.05) is 6.21 Å². The zero-order valence-electron chi connectivity index (χ0n) is 3.96. The minimum Gasteiger partial charge on any atom is -0.322 e. The van der Waals surface area contributed by atoms with Crippen LogP contribution in [0.25, 0.3) is 0 Å². The van der Waals surface area contributed by atoms with Crippen molar-refractivity contribution in [1.82, 2.24) is 0 Å². The summed E-state index contributed by atoms with van der Waals surface area (Å²) in [4.78, 5) is 3.85. The van der Waals surface area contributed by atoms with Gasteiger partial charge in [0.1, 0.15) is 5.84 Å². The third-order valence-electron chi connectivity index (χ3n) is 0.886. The number of hydrazone groups is 1. The van der Waals surface area contributed by atoms with Gasteiger partial charge < -0.3 is 5.84 Å². The van der Waals surface area contributed by atoms with Crippen LogP contribution in [0.3, 0.4) is 0 Å². The van der Waals surface area contributed by atoms with Crippen molar-refractivity contribution in [3.05, 3.63) is 0 Å². The Morgan fingerprint density at radius 1 is 1.86 bits per heavy atom. The van der Waals surface area contributed by atoms with E-state index in [0.29, 0.717) is 0 Å². The van der Waals surface area contributed by atoms with Crippen molar-refractivity contribution in [2.75, 3.05) is 0 Å². The SMILES string of the molecule is NN=C1CCC=N1. The van der Waals surface area contributed by atoms with Crippen LogP contribution in [0.5, 0.6) is 0 Å². The van der Waals surface area contributed by atoms with Crippen LogP contribution in [0, 0.1) is 0 Å². The molecule has 0 radical (unpaired) electrons. The van der Waals surface area contributed by atoms with Gasteiger partial charge in [-0.05, 0) is 6.42 Å². The van der Waals surface area contributed by atoms with Gasteiger partial charge >= 0.3 is 0 Å². The molecule has 1 rings (SSSR count). The maximum absolute atomic E-state index is 4.91. The van der Waals surface area contributed by atoms with Gasteiger partial charge in [-0.1, -0.05) is 0 Å². The molecule has 1 aliphatic rings. The van der Waals surface area contributed by atoms with Gasteiger partial charge in [-0.3, -0.25) is 0 Å². The predicted molar refractivity (Wildman–Crippen MR) is 29.3 cm³/mol. The Labute approximate surface area is 41.9 Å². The fourth-order valence-electron chi connectivity index (χ4n) is 0.526. The van der Waals surface area contributed by atoms with Crippen molar-refractivity contribution in [1.29, 1.82) is 0 Å². The maximum atomic E-state index is 4.91. The summed E-state index contributed by atoms with van der Waals surface area (Å²) in [5.41, 5.74) is 0. The molecule has 0 saturated heterocycles. The second-order valence-corrected chi connectivity index (χ2v) is 1.40. The van der Waals surface area contributed by atoms with Crippen LogP contribution < -0.4 is 5.84 Å². The highest BCUT2D eigenvalue weighted by Crippen LogP contribution is 1.98. The summed E-state index contributed by atoms with van der Waals surface area (Å²) in [5, 5.41) is 3.41. The molecule has 3 nitrogen and oxygen atoms in total. The Kier molecular flexibility index (Phi) is 1.06. The molecule has 7 heavy (non-hydrogen) atoms. The summed E-state index contributed by atoms with van der Waals surface area (Å²) in [6.45, 7) is 0. The van der Waals surface area contributed by atoms with Crippen molar-refractivity contribution >= 4 is 12.1 Å². The van der Waals surface area contributed by atoms with Gasteiger partial charge in [0.25, 0.3) is 0 Å². The van der Waals surface area contributed by atoms with Crippen molar-refractivity contribution in [2.24, 2.45) is 15.9 Å². The number of amidine groups is 1. The number of aliphatic imine (C=N–C) groups is 1. The molecule has 0 aromatic rings. The second-order valence-electron chi connectivity index (χ2n) is 1.40. The number of nitrogens with two attached hydrogens (primary N) is 1. The molecule has 0 atom stereocenters. The van der Waals surface area contributed by atoms with E-state index in [1.54, 1.807) is 0 Å². The number of hydrogen-bond donors (Lipinski definition) is 1. The van der Waals surface area contributed by atoms with Crippen molar-refractivity contribution in [3.63, 3.8) is 0 Å². The van der Waals surface area contributed by atoms with Crippen molar-refractivity contribution < 1.29 is 0 Å². The monoisotopic (exact) mass is 97.1 g/mol. The minimum absolute atomic E-state index is 0.764. The Bertz CT molecular complexity index is 111. The van der Waals surface area contributed by atoms with Gasteiger partial charge in [0.05, 0.1) is 0 Å². The lowest BCUT2D eigenvalue weighted by Crippen LogP contribution is -1.91. The smallest absolute Gasteiger partial charge is 0.147 e. The molecule has 0 saturated carbocycles. The molecule has 0 amide bonds. The van der Waals surface area contributed by atoms with Crippen LogP contribution in [0.15, 0.2) is 10.1 Å². The maximum Gasteiger partial charge on any atom is 0.147 e. The lowest BCUT2D eigenvalue weighted by atomic mass is 10.4. The van der Waals surface area contributed by atoms with Crippen molar-refractivity contribution in [2.45, 2.75) is 12.8 Å².